The number of aromatic carboxylic acids is 1. The van der Waals surface area contributed by atoms with Gasteiger partial charge in [0, 0.05) is 36.2 Å². The summed E-state index contributed by atoms with van der Waals surface area (Å²) in [6.07, 6.45) is 4.19. The number of carbonyl (C=O) groups excluding carboxylic acids is 1. The lowest BCUT2D eigenvalue weighted by Crippen LogP contribution is -2.64. The molecule has 2 aromatic rings. The summed E-state index contributed by atoms with van der Waals surface area (Å²) in [6, 6.07) is 11.3. The van der Waals surface area contributed by atoms with Gasteiger partial charge in [0.2, 0.25) is 0 Å². The van der Waals surface area contributed by atoms with Crippen molar-refractivity contribution in [2.24, 2.45) is 10.4 Å². The maximum Gasteiger partial charge on any atom is 0.335 e. The van der Waals surface area contributed by atoms with E-state index >= 15 is 0 Å². The summed E-state index contributed by atoms with van der Waals surface area (Å²) >= 11 is 0. The van der Waals surface area contributed by atoms with Crippen molar-refractivity contribution in [3.05, 3.63) is 64.2 Å². The number of amides is 1. The molecule has 2 aliphatic heterocycles. The quantitative estimate of drug-likeness (QED) is 0.809. The van der Waals surface area contributed by atoms with E-state index in [2.05, 4.69) is 25.8 Å². The van der Waals surface area contributed by atoms with E-state index < -0.39 is 5.97 Å². The van der Waals surface area contributed by atoms with Crippen molar-refractivity contribution in [2.45, 2.75) is 51.5 Å². The monoisotopic (exact) mass is 402 g/mol. The smallest absolute Gasteiger partial charge is 0.335 e. The Morgan fingerprint density at radius 2 is 1.80 bits per heavy atom. The SMILES string of the molecule is CC12CCN(C(=O)c3ccc4c(c3)CC=N4)C(Cc3cc(C(=O)O)ccc31)C2(C)C. The van der Waals surface area contributed by atoms with Crippen LogP contribution in [0.15, 0.2) is 41.4 Å². The Kier molecular flexibility index (Phi) is 3.98. The highest BCUT2D eigenvalue weighted by Gasteiger charge is 2.56. The zero-order chi connectivity index (χ0) is 21.3. The largest absolute Gasteiger partial charge is 0.478 e. The molecule has 1 fully saturated rings. The van der Waals surface area contributed by atoms with Gasteiger partial charge < -0.3 is 10.0 Å². The Morgan fingerprint density at radius 3 is 2.57 bits per heavy atom. The number of hydrogen-bond donors (Lipinski definition) is 1. The number of carboxylic acids is 1. The van der Waals surface area contributed by atoms with Gasteiger partial charge >= 0.3 is 5.97 Å². The average molecular weight is 402 g/mol. The summed E-state index contributed by atoms with van der Waals surface area (Å²) in [4.78, 5) is 31.5. The highest BCUT2D eigenvalue weighted by molar-refractivity contribution is 5.96. The van der Waals surface area contributed by atoms with Crippen LogP contribution in [-0.4, -0.2) is 40.7 Å². The van der Waals surface area contributed by atoms with Crippen molar-refractivity contribution in [1.29, 1.82) is 0 Å². The number of fused-ring (bicyclic) bond motifs is 5. The van der Waals surface area contributed by atoms with Crippen LogP contribution in [0.1, 0.15) is 64.6 Å². The Morgan fingerprint density at radius 1 is 1.07 bits per heavy atom. The number of nitrogens with zero attached hydrogens (tertiary/aromatic N) is 2. The fraction of sp³-hybridized carbons (Fsp3) is 0.400. The average Bonchev–Trinajstić information content (AvgIpc) is 3.17. The molecule has 30 heavy (non-hydrogen) atoms. The lowest BCUT2D eigenvalue weighted by molar-refractivity contribution is -0.0262. The molecule has 0 spiro atoms. The van der Waals surface area contributed by atoms with Gasteiger partial charge in [-0.25, -0.2) is 4.79 Å². The van der Waals surface area contributed by atoms with E-state index in [1.807, 2.05) is 35.4 Å². The molecule has 0 saturated carbocycles. The fourth-order valence-electron chi connectivity index (χ4n) is 5.73. The van der Waals surface area contributed by atoms with E-state index in [-0.39, 0.29) is 22.8 Å². The predicted molar refractivity (Wildman–Crippen MR) is 116 cm³/mol. The molecule has 5 nitrogen and oxygen atoms in total. The summed E-state index contributed by atoms with van der Waals surface area (Å²) in [5.74, 6) is -0.853. The van der Waals surface area contributed by atoms with Crippen LogP contribution in [0.2, 0.25) is 0 Å². The second kappa shape index (κ2) is 6.27. The Hall–Kier alpha value is -2.95. The Labute approximate surface area is 176 Å². The van der Waals surface area contributed by atoms with Crippen LogP contribution in [-0.2, 0) is 18.3 Å². The highest BCUT2D eigenvalue weighted by atomic mass is 16.4. The molecule has 0 aromatic heterocycles. The summed E-state index contributed by atoms with van der Waals surface area (Å²) < 4.78 is 0. The van der Waals surface area contributed by atoms with Crippen LogP contribution in [0.3, 0.4) is 0 Å². The van der Waals surface area contributed by atoms with Gasteiger partial charge in [-0.3, -0.25) is 9.79 Å². The maximum atomic E-state index is 13.6. The first-order valence-electron chi connectivity index (χ1n) is 10.6. The van der Waals surface area contributed by atoms with Crippen LogP contribution in [0.25, 0.3) is 0 Å². The molecule has 154 valence electrons. The van der Waals surface area contributed by atoms with E-state index in [9.17, 15) is 14.7 Å². The molecule has 1 saturated heterocycles. The number of carbonyl (C=O) groups is 2. The molecule has 0 radical (unpaired) electrons. The van der Waals surface area contributed by atoms with E-state index in [4.69, 9.17) is 0 Å². The van der Waals surface area contributed by atoms with Crippen molar-refractivity contribution in [3.8, 4) is 0 Å². The lowest BCUT2D eigenvalue weighted by atomic mass is 9.51. The van der Waals surface area contributed by atoms with Gasteiger partial charge in [0.05, 0.1) is 11.3 Å². The van der Waals surface area contributed by atoms with Crippen LogP contribution >= 0.6 is 0 Å². The molecule has 2 atom stereocenters. The standard InChI is InChI=1S/C25H26N2O3/c1-24(2)21-14-18-13-17(23(29)30)4-6-19(18)25(24,3)9-11-27(21)22(28)16-5-7-20-15(12-16)8-10-26-20/h4-7,10,12-13,21H,8-9,11,14H2,1-3H3,(H,29,30). The molecule has 5 heteroatoms. The lowest BCUT2D eigenvalue weighted by Gasteiger charge is -2.60. The van der Waals surface area contributed by atoms with Gasteiger partial charge in [-0.05, 0) is 65.3 Å². The molecule has 2 bridgehead atoms. The summed E-state index contributed by atoms with van der Waals surface area (Å²) in [5, 5.41) is 9.45. The molecule has 1 aliphatic carbocycles. The molecule has 5 rings (SSSR count). The van der Waals surface area contributed by atoms with E-state index in [0.717, 1.165) is 29.7 Å². The molecular weight excluding hydrogens is 376 g/mol. The first-order valence-corrected chi connectivity index (χ1v) is 10.6. The highest BCUT2D eigenvalue weighted by Crippen LogP contribution is 2.56. The van der Waals surface area contributed by atoms with Crippen molar-refractivity contribution >= 4 is 23.8 Å². The third-order valence-corrected chi connectivity index (χ3v) is 7.97. The van der Waals surface area contributed by atoms with E-state index in [0.29, 0.717) is 24.1 Å². The second-order valence-electron chi connectivity index (χ2n) is 9.56. The van der Waals surface area contributed by atoms with Crippen LogP contribution in [0.5, 0.6) is 0 Å². The minimum Gasteiger partial charge on any atom is -0.478 e. The van der Waals surface area contributed by atoms with E-state index in [1.165, 1.54) is 5.56 Å². The first-order chi connectivity index (χ1) is 14.2. The second-order valence-corrected chi connectivity index (χ2v) is 9.56. The molecular formula is C25H26N2O3. The maximum absolute atomic E-state index is 13.6. The van der Waals surface area contributed by atoms with Crippen molar-refractivity contribution in [2.75, 3.05) is 6.54 Å². The topological polar surface area (TPSA) is 70.0 Å². The van der Waals surface area contributed by atoms with Gasteiger partial charge in [0.25, 0.3) is 5.91 Å². The third kappa shape index (κ3) is 2.51. The molecule has 1 N–H and O–H groups in total. The minimum absolute atomic E-state index is 0.0183. The summed E-state index contributed by atoms with van der Waals surface area (Å²) in [5.41, 5.74) is 5.13. The van der Waals surface area contributed by atoms with Crippen LogP contribution < -0.4 is 0 Å². The Bertz CT molecular complexity index is 1120. The number of rotatable bonds is 2. The molecule has 1 amide bonds. The van der Waals surface area contributed by atoms with Gasteiger partial charge in [0.15, 0.2) is 0 Å². The van der Waals surface area contributed by atoms with E-state index in [1.54, 1.807) is 12.1 Å². The molecule has 2 heterocycles. The Balaban J connectivity index is 1.54. The fourth-order valence-corrected chi connectivity index (χ4v) is 5.73. The van der Waals surface area contributed by atoms with Gasteiger partial charge in [0.1, 0.15) is 0 Å². The number of hydrogen-bond acceptors (Lipinski definition) is 3. The third-order valence-electron chi connectivity index (χ3n) is 7.97. The number of piperidine rings is 1. The first kappa shape index (κ1) is 19.0. The van der Waals surface area contributed by atoms with Crippen molar-refractivity contribution < 1.29 is 14.7 Å². The van der Waals surface area contributed by atoms with Crippen molar-refractivity contribution in [3.63, 3.8) is 0 Å². The zero-order valence-electron chi connectivity index (χ0n) is 17.6. The van der Waals surface area contributed by atoms with Crippen LogP contribution in [0, 0.1) is 5.41 Å². The molecule has 3 aliphatic rings. The number of benzene rings is 2. The van der Waals surface area contributed by atoms with Gasteiger partial charge in [-0.1, -0.05) is 26.8 Å². The molecule has 2 unspecified atom stereocenters. The summed E-state index contributed by atoms with van der Waals surface area (Å²) in [7, 11) is 0. The van der Waals surface area contributed by atoms with Gasteiger partial charge in [-0.15, -0.1) is 0 Å². The number of carboxylic acid groups (broad SMARTS) is 1. The minimum atomic E-state index is -0.911. The van der Waals surface area contributed by atoms with Crippen LogP contribution in [0.4, 0.5) is 5.69 Å². The normalized spacial score (nSPS) is 25.6. The summed E-state index contributed by atoms with van der Waals surface area (Å²) in [6.45, 7) is 7.48. The zero-order valence-corrected chi connectivity index (χ0v) is 17.6. The predicted octanol–water partition coefficient (Wildman–Crippen LogP) is 4.40. The number of likely N-dealkylation sites (tertiary alicyclic amines) is 1. The molecule has 2 aromatic carbocycles. The van der Waals surface area contributed by atoms with Gasteiger partial charge in [-0.2, -0.15) is 0 Å². The number of aliphatic imine (C=N–C) groups is 1. The van der Waals surface area contributed by atoms with Crippen molar-refractivity contribution in [1.82, 2.24) is 4.90 Å².